The summed E-state index contributed by atoms with van der Waals surface area (Å²) in [5, 5.41) is 6.14. The number of aromatic nitrogens is 1. The number of fused-ring (bicyclic) bond motifs is 1. The van der Waals surface area contributed by atoms with Gasteiger partial charge in [0.1, 0.15) is 0 Å². The third-order valence-electron chi connectivity index (χ3n) is 4.01. The lowest BCUT2D eigenvalue weighted by Gasteiger charge is -2.17. The van der Waals surface area contributed by atoms with Gasteiger partial charge in [0.15, 0.2) is 5.13 Å². The van der Waals surface area contributed by atoms with Crippen molar-refractivity contribution < 1.29 is 9.59 Å². The minimum Gasteiger partial charge on any atom is -0.326 e. The van der Waals surface area contributed by atoms with E-state index in [1.165, 1.54) is 23.1 Å². The first-order valence-electron chi connectivity index (χ1n) is 9.43. The molecule has 0 aliphatic rings. The molecule has 7 heteroatoms. The van der Waals surface area contributed by atoms with Crippen molar-refractivity contribution in [3.05, 3.63) is 48.5 Å². The summed E-state index contributed by atoms with van der Waals surface area (Å²) in [6.07, 6.45) is 0.450. The number of anilines is 2. The quantitative estimate of drug-likeness (QED) is 0.488. The fourth-order valence-corrected chi connectivity index (χ4v) is 4.52. The monoisotopic (exact) mass is 427 g/mol. The Morgan fingerprint density at radius 2 is 1.86 bits per heavy atom. The lowest BCUT2D eigenvalue weighted by molar-refractivity contribution is -0.118. The van der Waals surface area contributed by atoms with E-state index in [1.54, 1.807) is 0 Å². The standard InChI is InChI=1S/C22H25N3O2S2/c1-14(20(27)25-21-24-17-10-5-6-11-18(17)29-21)28-16-9-7-8-15(12-16)23-19(26)13-22(2,3)4/h5-12,14H,13H2,1-4H3,(H,23,26)(H,24,25,27). The van der Waals surface area contributed by atoms with E-state index in [0.29, 0.717) is 11.6 Å². The summed E-state index contributed by atoms with van der Waals surface area (Å²) in [7, 11) is 0. The summed E-state index contributed by atoms with van der Waals surface area (Å²) < 4.78 is 1.04. The molecule has 1 aromatic heterocycles. The average molecular weight is 428 g/mol. The lowest BCUT2D eigenvalue weighted by atomic mass is 9.92. The Kier molecular flexibility index (Phi) is 6.59. The van der Waals surface area contributed by atoms with Gasteiger partial charge in [-0.25, -0.2) is 4.98 Å². The zero-order valence-corrected chi connectivity index (χ0v) is 18.6. The molecule has 3 rings (SSSR count). The van der Waals surface area contributed by atoms with E-state index in [1.807, 2.05) is 76.2 Å². The maximum Gasteiger partial charge on any atom is 0.239 e. The molecular weight excluding hydrogens is 402 g/mol. The number of carbonyl (C=O) groups is 2. The topological polar surface area (TPSA) is 71.1 Å². The molecule has 0 aliphatic heterocycles. The summed E-state index contributed by atoms with van der Waals surface area (Å²) in [4.78, 5) is 30.1. The van der Waals surface area contributed by atoms with Crippen LogP contribution >= 0.6 is 23.1 Å². The minimum absolute atomic E-state index is 0.0127. The first kappa shape index (κ1) is 21.3. The summed E-state index contributed by atoms with van der Waals surface area (Å²) >= 11 is 2.91. The second-order valence-electron chi connectivity index (χ2n) is 8.05. The van der Waals surface area contributed by atoms with E-state index in [4.69, 9.17) is 0 Å². The first-order chi connectivity index (χ1) is 13.7. The number of rotatable bonds is 6. The molecule has 0 saturated carbocycles. The normalized spacial score (nSPS) is 12.6. The SMILES string of the molecule is CC(Sc1cccc(NC(=O)CC(C)(C)C)c1)C(=O)Nc1nc2ccccc2s1. The zero-order valence-electron chi connectivity index (χ0n) is 17.0. The minimum atomic E-state index is -0.303. The molecule has 0 aliphatic carbocycles. The maximum absolute atomic E-state index is 12.6. The van der Waals surface area contributed by atoms with Crippen LogP contribution in [0.5, 0.6) is 0 Å². The van der Waals surface area contributed by atoms with Gasteiger partial charge < -0.3 is 10.6 Å². The van der Waals surface area contributed by atoms with Gasteiger partial charge in [-0.1, -0.05) is 50.3 Å². The van der Waals surface area contributed by atoms with Gasteiger partial charge in [-0.15, -0.1) is 11.8 Å². The Labute approximate surface area is 179 Å². The number of hydrogen-bond donors (Lipinski definition) is 2. The van der Waals surface area contributed by atoms with Crippen LogP contribution in [-0.2, 0) is 9.59 Å². The number of nitrogens with zero attached hydrogens (tertiary/aromatic N) is 1. The Bertz CT molecular complexity index is 991. The van der Waals surface area contributed by atoms with E-state index < -0.39 is 0 Å². The molecule has 0 fully saturated rings. The number of amides is 2. The number of hydrogen-bond acceptors (Lipinski definition) is 5. The molecule has 2 N–H and O–H groups in total. The van der Waals surface area contributed by atoms with Crippen LogP contribution < -0.4 is 10.6 Å². The van der Waals surface area contributed by atoms with Crippen molar-refractivity contribution >= 4 is 55.9 Å². The van der Waals surface area contributed by atoms with Crippen LogP contribution in [0.4, 0.5) is 10.8 Å². The predicted octanol–water partition coefficient (Wildman–Crippen LogP) is 5.79. The van der Waals surface area contributed by atoms with Gasteiger partial charge in [0.05, 0.1) is 15.5 Å². The fraction of sp³-hybridized carbons (Fsp3) is 0.318. The fourth-order valence-electron chi connectivity index (χ4n) is 2.72. The number of para-hydroxylation sites is 1. The van der Waals surface area contributed by atoms with Crippen LogP contribution in [0, 0.1) is 5.41 Å². The molecule has 1 unspecified atom stereocenters. The van der Waals surface area contributed by atoms with Gasteiger partial charge in [-0.05, 0) is 42.7 Å². The molecular formula is C22H25N3O2S2. The largest absolute Gasteiger partial charge is 0.326 e. The predicted molar refractivity (Wildman–Crippen MR) is 123 cm³/mol. The highest BCUT2D eigenvalue weighted by Crippen LogP contribution is 2.29. The van der Waals surface area contributed by atoms with E-state index in [0.717, 1.165) is 20.8 Å². The highest BCUT2D eigenvalue weighted by Gasteiger charge is 2.18. The zero-order chi connectivity index (χ0) is 21.0. The van der Waals surface area contributed by atoms with Crippen molar-refractivity contribution in [1.29, 1.82) is 0 Å². The molecule has 1 atom stereocenters. The van der Waals surface area contributed by atoms with Crippen LogP contribution in [0.15, 0.2) is 53.4 Å². The van der Waals surface area contributed by atoms with Gasteiger partial charge in [0.25, 0.3) is 0 Å². The molecule has 0 bridgehead atoms. The second-order valence-corrected chi connectivity index (χ2v) is 10.5. The van der Waals surface area contributed by atoms with Crippen molar-refractivity contribution in [1.82, 2.24) is 4.98 Å². The molecule has 29 heavy (non-hydrogen) atoms. The number of carbonyl (C=O) groups excluding carboxylic acids is 2. The van der Waals surface area contributed by atoms with E-state index >= 15 is 0 Å². The third-order valence-corrected chi connectivity index (χ3v) is 6.06. The molecule has 0 spiro atoms. The van der Waals surface area contributed by atoms with E-state index in [2.05, 4.69) is 15.6 Å². The number of nitrogens with one attached hydrogen (secondary N) is 2. The number of thioether (sulfide) groups is 1. The molecule has 2 aromatic carbocycles. The number of benzene rings is 2. The summed E-state index contributed by atoms with van der Waals surface area (Å²) in [6, 6.07) is 15.4. The highest BCUT2D eigenvalue weighted by atomic mass is 32.2. The molecule has 0 radical (unpaired) electrons. The Balaban J connectivity index is 1.60. The third kappa shape index (κ3) is 6.30. The van der Waals surface area contributed by atoms with Crippen LogP contribution in [-0.4, -0.2) is 22.0 Å². The van der Waals surface area contributed by atoms with E-state index in [-0.39, 0.29) is 22.5 Å². The average Bonchev–Trinajstić information content (AvgIpc) is 3.02. The van der Waals surface area contributed by atoms with Crippen LogP contribution in [0.25, 0.3) is 10.2 Å². The summed E-state index contributed by atoms with van der Waals surface area (Å²) in [5.41, 5.74) is 1.55. The summed E-state index contributed by atoms with van der Waals surface area (Å²) in [6.45, 7) is 7.96. The van der Waals surface area contributed by atoms with Crippen molar-refractivity contribution in [2.24, 2.45) is 5.41 Å². The summed E-state index contributed by atoms with van der Waals surface area (Å²) in [5.74, 6) is -0.113. The number of thiazole rings is 1. The van der Waals surface area contributed by atoms with Crippen LogP contribution in [0.1, 0.15) is 34.1 Å². The van der Waals surface area contributed by atoms with Crippen molar-refractivity contribution in [3.8, 4) is 0 Å². The van der Waals surface area contributed by atoms with Crippen molar-refractivity contribution in [3.63, 3.8) is 0 Å². The van der Waals surface area contributed by atoms with Gasteiger partial charge in [0, 0.05) is 17.0 Å². The van der Waals surface area contributed by atoms with Gasteiger partial charge >= 0.3 is 0 Å². The van der Waals surface area contributed by atoms with Crippen LogP contribution in [0.2, 0.25) is 0 Å². The second kappa shape index (κ2) is 8.97. The van der Waals surface area contributed by atoms with Crippen molar-refractivity contribution in [2.75, 3.05) is 10.6 Å². The van der Waals surface area contributed by atoms with Crippen molar-refractivity contribution in [2.45, 2.75) is 44.3 Å². The molecule has 5 nitrogen and oxygen atoms in total. The molecule has 0 saturated heterocycles. The smallest absolute Gasteiger partial charge is 0.239 e. The molecule has 152 valence electrons. The van der Waals surface area contributed by atoms with Gasteiger partial charge in [-0.2, -0.15) is 0 Å². The van der Waals surface area contributed by atoms with Crippen LogP contribution in [0.3, 0.4) is 0 Å². The Morgan fingerprint density at radius 1 is 1.10 bits per heavy atom. The first-order valence-corrected chi connectivity index (χ1v) is 11.1. The Morgan fingerprint density at radius 3 is 2.59 bits per heavy atom. The van der Waals surface area contributed by atoms with Gasteiger partial charge in [-0.3, -0.25) is 9.59 Å². The lowest BCUT2D eigenvalue weighted by Crippen LogP contribution is -2.22. The van der Waals surface area contributed by atoms with E-state index in [9.17, 15) is 9.59 Å². The maximum atomic E-state index is 12.6. The molecule has 3 aromatic rings. The van der Waals surface area contributed by atoms with Gasteiger partial charge in [0.2, 0.25) is 11.8 Å². The Hall–Kier alpha value is -2.38. The molecule has 1 heterocycles. The highest BCUT2D eigenvalue weighted by molar-refractivity contribution is 8.00. The molecule has 2 amide bonds.